The lowest BCUT2D eigenvalue weighted by atomic mass is 10.2. The Morgan fingerprint density at radius 1 is 1.14 bits per heavy atom. The minimum Gasteiger partial charge on any atom is -0.326 e. The summed E-state index contributed by atoms with van der Waals surface area (Å²) in [6.45, 7) is 0.121. The minimum absolute atomic E-state index is 0.0194. The Morgan fingerprint density at radius 2 is 1.86 bits per heavy atom. The van der Waals surface area contributed by atoms with Gasteiger partial charge >= 0.3 is 0 Å². The van der Waals surface area contributed by atoms with Crippen LogP contribution in [0.5, 0.6) is 0 Å². The van der Waals surface area contributed by atoms with E-state index in [1.165, 1.54) is 12.1 Å². The fourth-order valence-electron chi connectivity index (χ4n) is 1.84. The summed E-state index contributed by atoms with van der Waals surface area (Å²) >= 11 is 3.35. The van der Waals surface area contributed by atoms with Crippen LogP contribution in [0.1, 0.15) is 11.1 Å². The third-order valence-electron chi connectivity index (χ3n) is 2.95. The first kappa shape index (κ1) is 16.1. The monoisotopic (exact) mass is 372 g/mol. The molecule has 0 aliphatic heterocycles. The summed E-state index contributed by atoms with van der Waals surface area (Å²) < 4.78 is 41.2. The highest BCUT2D eigenvalue weighted by molar-refractivity contribution is 9.10. The number of nitrogens with one attached hydrogen (secondary N) is 1. The molecule has 0 fully saturated rings. The van der Waals surface area contributed by atoms with Gasteiger partial charge in [-0.2, -0.15) is 0 Å². The summed E-state index contributed by atoms with van der Waals surface area (Å²) in [6, 6.07) is 10.8. The minimum atomic E-state index is -3.83. The second kappa shape index (κ2) is 6.65. The maximum atomic E-state index is 13.3. The van der Waals surface area contributed by atoms with E-state index in [0.717, 1.165) is 16.1 Å². The fraction of sp³-hybridized carbons (Fsp3) is 0.143. The molecule has 0 unspecified atom stereocenters. The molecule has 0 bridgehead atoms. The second-order valence-electron chi connectivity index (χ2n) is 4.37. The van der Waals surface area contributed by atoms with E-state index in [-0.39, 0.29) is 18.0 Å². The molecule has 0 saturated carbocycles. The van der Waals surface area contributed by atoms with Crippen molar-refractivity contribution in [2.75, 3.05) is 0 Å². The first-order chi connectivity index (χ1) is 9.94. The highest BCUT2D eigenvalue weighted by Gasteiger charge is 2.19. The van der Waals surface area contributed by atoms with E-state index >= 15 is 0 Å². The van der Waals surface area contributed by atoms with Crippen molar-refractivity contribution in [1.29, 1.82) is 0 Å². The van der Waals surface area contributed by atoms with Gasteiger partial charge in [-0.25, -0.2) is 17.5 Å². The van der Waals surface area contributed by atoms with E-state index < -0.39 is 15.8 Å². The average Bonchev–Trinajstić information content (AvgIpc) is 2.46. The largest absolute Gasteiger partial charge is 0.326 e. The summed E-state index contributed by atoms with van der Waals surface area (Å²) in [4.78, 5) is -0.128. The normalized spacial score (nSPS) is 11.6. The van der Waals surface area contributed by atoms with E-state index in [0.29, 0.717) is 5.56 Å². The van der Waals surface area contributed by atoms with Gasteiger partial charge in [0.25, 0.3) is 0 Å². The maximum Gasteiger partial charge on any atom is 0.241 e. The molecule has 2 rings (SSSR count). The van der Waals surface area contributed by atoms with Gasteiger partial charge in [0.05, 0.1) is 4.90 Å². The van der Waals surface area contributed by atoms with Crippen LogP contribution in [0.15, 0.2) is 51.8 Å². The highest BCUT2D eigenvalue weighted by atomic mass is 79.9. The van der Waals surface area contributed by atoms with Gasteiger partial charge in [-0.3, -0.25) is 0 Å². The van der Waals surface area contributed by atoms with Crippen LogP contribution >= 0.6 is 15.9 Å². The van der Waals surface area contributed by atoms with Gasteiger partial charge in [-0.15, -0.1) is 0 Å². The molecule has 0 saturated heterocycles. The van der Waals surface area contributed by atoms with Crippen LogP contribution in [-0.4, -0.2) is 8.42 Å². The number of hydrogen-bond acceptors (Lipinski definition) is 3. The van der Waals surface area contributed by atoms with Crippen molar-refractivity contribution in [3.63, 3.8) is 0 Å². The summed E-state index contributed by atoms with van der Waals surface area (Å²) in [5, 5.41) is 0. The molecular weight excluding hydrogens is 359 g/mol. The van der Waals surface area contributed by atoms with Crippen LogP contribution in [0.4, 0.5) is 4.39 Å². The van der Waals surface area contributed by atoms with Gasteiger partial charge in [0.2, 0.25) is 10.0 Å². The number of halogens is 2. The molecule has 21 heavy (non-hydrogen) atoms. The summed E-state index contributed by atoms with van der Waals surface area (Å²) in [5.74, 6) is -0.617. The van der Waals surface area contributed by atoms with Crippen LogP contribution in [0.2, 0.25) is 0 Å². The molecule has 0 radical (unpaired) electrons. The summed E-state index contributed by atoms with van der Waals surface area (Å²) in [5.41, 5.74) is 6.66. The molecule has 0 aliphatic carbocycles. The average molecular weight is 373 g/mol. The van der Waals surface area contributed by atoms with E-state index in [1.54, 1.807) is 6.07 Å². The molecule has 0 heterocycles. The van der Waals surface area contributed by atoms with Gasteiger partial charge in [0, 0.05) is 17.6 Å². The molecule has 0 atom stereocenters. The molecule has 112 valence electrons. The Morgan fingerprint density at radius 3 is 2.52 bits per heavy atom. The first-order valence-electron chi connectivity index (χ1n) is 6.15. The smallest absolute Gasteiger partial charge is 0.241 e. The van der Waals surface area contributed by atoms with Crippen LogP contribution in [0.3, 0.4) is 0 Å². The maximum absolute atomic E-state index is 13.3. The Hall–Kier alpha value is -1.28. The Balaban J connectivity index is 2.27. The summed E-state index contributed by atoms with van der Waals surface area (Å²) in [7, 11) is -3.83. The number of benzene rings is 2. The standard InChI is InChI=1S/C14H14BrFN2O2S/c15-13-4-2-1-3-11(13)9-18-21(19,20)14-7-12(16)6-5-10(14)8-17/h1-7,18H,8-9,17H2. The molecule has 0 amide bonds. The third-order valence-corrected chi connectivity index (χ3v) is 5.21. The van der Waals surface area contributed by atoms with Crippen LogP contribution < -0.4 is 10.5 Å². The third kappa shape index (κ3) is 3.88. The molecule has 4 nitrogen and oxygen atoms in total. The van der Waals surface area contributed by atoms with Gasteiger partial charge in [0.1, 0.15) is 5.82 Å². The molecule has 0 spiro atoms. The highest BCUT2D eigenvalue weighted by Crippen LogP contribution is 2.19. The lowest BCUT2D eigenvalue weighted by Crippen LogP contribution is -2.25. The van der Waals surface area contributed by atoms with Crippen molar-refractivity contribution in [2.45, 2.75) is 18.0 Å². The van der Waals surface area contributed by atoms with Crippen molar-refractivity contribution < 1.29 is 12.8 Å². The lowest BCUT2D eigenvalue weighted by Gasteiger charge is -2.11. The zero-order chi connectivity index (χ0) is 15.5. The zero-order valence-electron chi connectivity index (χ0n) is 11.0. The number of hydrogen-bond donors (Lipinski definition) is 2. The van der Waals surface area contributed by atoms with Crippen LogP contribution in [0.25, 0.3) is 0 Å². The fourth-order valence-corrected chi connectivity index (χ4v) is 3.53. The van der Waals surface area contributed by atoms with Crippen molar-refractivity contribution in [3.05, 3.63) is 63.9 Å². The van der Waals surface area contributed by atoms with Crippen LogP contribution in [0, 0.1) is 5.82 Å². The predicted molar refractivity (Wildman–Crippen MR) is 82.5 cm³/mol. The molecule has 3 N–H and O–H groups in total. The van der Waals surface area contributed by atoms with E-state index in [9.17, 15) is 12.8 Å². The van der Waals surface area contributed by atoms with E-state index in [2.05, 4.69) is 20.7 Å². The summed E-state index contributed by atoms with van der Waals surface area (Å²) in [6.07, 6.45) is 0. The number of sulfonamides is 1. The molecular formula is C14H14BrFN2O2S. The van der Waals surface area contributed by atoms with Gasteiger partial charge < -0.3 is 5.73 Å². The molecule has 2 aromatic carbocycles. The van der Waals surface area contributed by atoms with Gasteiger partial charge in [-0.05, 0) is 29.3 Å². The van der Waals surface area contributed by atoms with Crippen molar-refractivity contribution in [3.8, 4) is 0 Å². The quantitative estimate of drug-likeness (QED) is 0.846. The Kier molecular flexibility index (Phi) is 5.10. The molecule has 7 heteroatoms. The van der Waals surface area contributed by atoms with Crippen molar-refractivity contribution in [2.24, 2.45) is 5.73 Å². The molecule has 0 aromatic heterocycles. The van der Waals surface area contributed by atoms with E-state index in [4.69, 9.17) is 5.73 Å². The molecule has 0 aliphatic rings. The zero-order valence-corrected chi connectivity index (χ0v) is 13.4. The SMILES string of the molecule is NCc1ccc(F)cc1S(=O)(=O)NCc1ccccc1Br. The number of nitrogens with two attached hydrogens (primary N) is 1. The number of rotatable bonds is 5. The predicted octanol–water partition coefficient (Wildman–Crippen LogP) is 2.53. The van der Waals surface area contributed by atoms with Crippen LogP contribution in [-0.2, 0) is 23.1 Å². The van der Waals surface area contributed by atoms with Gasteiger partial charge in [-0.1, -0.05) is 40.2 Å². The van der Waals surface area contributed by atoms with Gasteiger partial charge in [0.15, 0.2) is 0 Å². The first-order valence-corrected chi connectivity index (χ1v) is 8.43. The van der Waals surface area contributed by atoms with E-state index in [1.807, 2.05) is 18.2 Å². The Labute approximate surface area is 131 Å². The molecule has 2 aromatic rings. The Bertz CT molecular complexity index is 750. The topological polar surface area (TPSA) is 72.2 Å². The van der Waals surface area contributed by atoms with Crippen molar-refractivity contribution >= 4 is 26.0 Å². The lowest BCUT2D eigenvalue weighted by molar-refractivity contribution is 0.575. The second-order valence-corrected chi connectivity index (χ2v) is 6.96. The van der Waals surface area contributed by atoms with Crippen molar-refractivity contribution in [1.82, 2.24) is 4.72 Å².